The average molecular weight is 377 g/mol. The second-order valence-corrected chi connectivity index (χ2v) is 6.59. The molecule has 0 radical (unpaired) electrons. The van der Waals surface area contributed by atoms with Crippen molar-refractivity contribution in [2.45, 2.75) is 44.8 Å². The second kappa shape index (κ2) is 11.9. The molecule has 8 N–H and O–H groups in total. The van der Waals surface area contributed by atoms with Crippen LogP contribution in [-0.4, -0.2) is 63.3 Å². The molecule has 0 heterocycles. The number of rotatable bonds is 13. The molecule has 1 unspecified atom stereocenters. The molecular weight excluding hydrogens is 350 g/mol. The minimum Gasteiger partial charge on any atom is -0.481 e. The van der Waals surface area contributed by atoms with E-state index in [1.54, 1.807) is 6.92 Å². The molecule has 0 aromatic heterocycles. The highest BCUT2D eigenvalue weighted by Gasteiger charge is 2.25. The quantitative estimate of drug-likeness (QED) is 0.211. The van der Waals surface area contributed by atoms with Crippen LogP contribution in [0.3, 0.4) is 0 Å². The SMILES string of the molecule is CC(O)[C@@H](N)CCNC(=O)[C@@H](CC(N)=O)CC(=S)C[C@H](CO)C(=O)O. The fraction of sp³-hybridized carbons (Fsp3) is 0.733. The highest BCUT2D eigenvalue weighted by atomic mass is 32.1. The predicted octanol–water partition coefficient (Wildman–Crippen LogP) is -1.46. The maximum atomic E-state index is 12.2. The number of carboxylic acids is 1. The third-order valence-corrected chi connectivity index (χ3v) is 4.07. The van der Waals surface area contributed by atoms with E-state index >= 15 is 0 Å². The van der Waals surface area contributed by atoms with Gasteiger partial charge in [-0.25, -0.2) is 0 Å². The summed E-state index contributed by atoms with van der Waals surface area (Å²) in [6.07, 6.45) is -0.654. The van der Waals surface area contributed by atoms with Crippen molar-refractivity contribution < 1.29 is 29.7 Å². The Bertz CT molecular complexity index is 486. The van der Waals surface area contributed by atoms with E-state index in [4.69, 9.17) is 33.9 Å². The summed E-state index contributed by atoms with van der Waals surface area (Å²) in [6.45, 7) is 1.18. The maximum absolute atomic E-state index is 12.2. The van der Waals surface area contributed by atoms with Gasteiger partial charge in [-0.15, -0.1) is 0 Å². The van der Waals surface area contributed by atoms with Crippen LogP contribution in [0.5, 0.6) is 0 Å². The molecule has 0 aliphatic heterocycles. The number of carbonyl (C=O) groups is 3. The molecule has 0 saturated heterocycles. The smallest absolute Gasteiger partial charge is 0.309 e. The number of aliphatic hydroxyl groups excluding tert-OH is 2. The first kappa shape index (κ1) is 23.4. The molecule has 144 valence electrons. The molecule has 0 fully saturated rings. The first-order valence-corrected chi connectivity index (χ1v) is 8.34. The van der Waals surface area contributed by atoms with Crippen molar-refractivity contribution in [2.24, 2.45) is 23.3 Å². The molecule has 4 atom stereocenters. The number of aliphatic hydroxyl groups is 2. The van der Waals surface area contributed by atoms with E-state index in [9.17, 15) is 19.5 Å². The molecule has 0 aliphatic rings. The van der Waals surface area contributed by atoms with Crippen LogP contribution in [-0.2, 0) is 14.4 Å². The summed E-state index contributed by atoms with van der Waals surface area (Å²) in [5.74, 6) is -4.18. The van der Waals surface area contributed by atoms with Crippen molar-refractivity contribution >= 4 is 34.9 Å². The van der Waals surface area contributed by atoms with Crippen LogP contribution in [0.15, 0.2) is 0 Å². The highest BCUT2D eigenvalue weighted by Crippen LogP contribution is 2.15. The fourth-order valence-corrected chi connectivity index (χ4v) is 2.51. The molecule has 2 amide bonds. The third-order valence-electron chi connectivity index (χ3n) is 3.73. The number of primary amides is 1. The zero-order valence-electron chi connectivity index (χ0n) is 14.2. The van der Waals surface area contributed by atoms with Crippen molar-refractivity contribution in [3.63, 3.8) is 0 Å². The van der Waals surface area contributed by atoms with Crippen LogP contribution >= 0.6 is 12.2 Å². The highest BCUT2D eigenvalue weighted by molar-refractivity contribution is 7.80. The molecule has 0 aromatic carbocycles. The zero-order valence-corrected chi connectivity index (χ0v) is 15.0. The lowest BCUT2D eigenvalue weighted by molar-refractivity contribution is -0.142. The van der Waals surface area contributed by atoms with Crippen LogP contribution in [0.25, 0.3) is 0 Å². The summed E-state index contributed by atoms with van der Waals surface area (Å²) in [7, 11) is 0. The molecule has 25 heavy (non-hydrogen) atoms. The summed E-state index contributed by atoms with van der Waals surface area (Å²) in [4.78, 5) is 34.6. The number of nitrogens with one attached hydrogen (secondary N) is 1. The predicted molar refractivity (Wildman–Crippen MR) is 94.6 cm³/mol. The topological polar surface area (TPSA) is 176 Å². The summed E-state index contributed by atoms with van der Waals surface area (Å²) >= 11 is 5.09. The van der Waals surface area contributed by atoms with Gasteiger partial charge in [0.15, 0.2) is 0 Å². The second-order valence-electron chi connectivity index (χ2n) is 6.02. The molecule has 0 aromatic rings. The van der Waals surface area contributed by atoms with Crippen molar-refractivity contribution in [1.29, 1.82) is 0 Å². The maximum Gasteiger partial charge on any atom is 0.309 e. The van der Waals surface area contributed by atoms with Crippen LogP contribution in [0.1, 0.15) is 32.6 Å². The van der Waals surface area contributed by atoms with Gasteiger partial charge in [0.2, 0.25) is 11.8 Å². The Balaban J connectivity index is 4.66. The fourth-order valence-electron chi connectivity index (χ4n) is 2.11. The number of hydrogen-bond acceptors (Lipinski definition) is 7. The minimum absolute atomic E-state index is 0.0103. The normalized spacial score (nSPS) is 15.7. The van der Waals surface area contributed by atoms with Crippen molar-refractivity contribution in [1.82, 2.24) is 5.32 Å². The Hall–Kier alpha value is -1.62. The van der Waals surface area contributed by atoms with Gasteiger partial charge < -0.3 is 32.1 Å². The molecule has 0 bridgehead atoms. The number of thiocarbonyl (C=S) groups is 1. The Kier molecular flexibility index (Phi) is 11.1. The Labute approximate surface area is 151 Å². The van der Waals surface area contributed by atoms with Gasteiger partial charge in [0, 0.05) is 19.0 Å². The summed E-state index contributed by atoms with van der Waals surface area (Å²) in [6, 6.07) is -0.489. The lowest BCUT2D eigenvalue weighted by atomic mass is 9.93. The molecule has 0 aliphatic carbocycles. The van der Waals surface area contributed by atoms with Crippen LogP contribution in [0.4, 0.5) is 0 Å². The van der Waals surface area contributed by atoms with Crippen molar-refractivity contribution in [2.75, 3.05) is 13.2 Å². The molecule has 10 heteroatoms. The monoisotopic (exact) mass is 377 g/mol. The van der Waals surface area contributed by atoms with Gasteiger partial charge in [-0.1, -0.05) is 12.2 Å². The zero-order chi connectivity index (χ0) is 19.6. The number of aliphatic carboxylic acids is 1. The van der Waals surface area contributed by atoms with Gasteiger partial charge >= 0.3 is 5.97 Å². The number of hydrogen-bond donors (Lipinski definition) is 6. The first-order chi connectivity index (χ1) is 11.6. The lowest BCUT2D eigenvalue weighted by Crippen LogP contribution is -2.39. The number of carbonyl (C=O) groups excluding carboxylic acids is 2. The lowest BCUT2D eigenvalue weighted by Gasteiger charge is -2.19. The largest absolute Gasteiger partial charge is 0.481 e. The van der Waals surface area contributed by atoms with Gasteiger partial charge in [0.25, 0.3) is 0 Å². The number of amides is 2. The van der Waals surface area contributed by atoms with Crippen molar-refractivity contribution in [3.8, 4) is 0 Å². The van der Waals surface area contributed by atoms with E-state index in [1.165, 1.54) is 0 Å². The molecule has 0 spiro atoms. The standard InChI is InChI=1S/C15H27N3O6S/c1-8(20)12(16)2-3-18-14(22)9(6-13(17)21)4-11(25)5-10(7-19)15(23)24/h8-10,12,19-20H,2-7,16H2,1H3,(H2,17,21)(H,18,22)(H,23,24)/t8?,9-,10-,12+/m1/s1. The van der Waals surface area contributed by atoms with Crippen LogP contribution in [0.2, 0.25) is 0 Å². The molecule has 0 saturated carbocycles. The van der Waals surface area contributed by atoms with E-state index in [0.29, 0.717) is 6.42 Å². The Morgan fingerprint density at radius 3 is 2.16 bits per heavy atom. The van der Waals surface area contributed by atoms with E-state index in [-0.39, 0.29) is 30.7 Å². The van der Waals surface area contributed by atoms with E-state index < -0.39 is 48.4 Å². The summed E-state index contributed by atoms with van der Waals surface area (Å²) in [5.41, 5.74) is 10.8. The Morgan fingerprint density at radius 1 is 1.16 bits per heavy atom. The first-order valence-electron chi connectivity index (χ1n) is 7.93. The number of nitrogens with two attached hydrogens (primary N) is 2. The van der Waals surface area contributed by atoms with Crippen LogP contribution in [0, 0.1) is 11.8 Å². The van der Waals surface area contributed by atoms with Crippen LogP contribution < -0.4 is 16.8 Å². The Morgan fingerprint density at radius 2 is 1.72 bits per heavy atom. The van der Waals surface area contributed by atoms with Crippen molar-refractivity contribution in [3.05, 3.63) is 0 Å². The summed E-state index contributed by atoms with van der Waals surface area (Å²) in [5, 5.41) is 29.8. The van der Waals surface area contributed by atoms with Gasteiger partial charge in [0.05, 0.1) is 24.5 Å². The van der Waals surface area contributed by atoms with Gasteiger partial charge in [-0.05, 0) is 31.1 Å². The van der Waals surface area contributed by atoms with E-state index in [1.807, 2.05) is 0 Å². The van der Waals surface area contributed by atoms with E-state index in [2.05, 4.69) is 5.32 Å². The number of carboxylic acid groups (broad SMARTS) is 1. The summed E-state index contributed by atoms with van der Waals surface area (Å²) < 4.78 is 0. The van der Waals surface area contributed by atoms with Gasteiger partial charge in [-0.3, -0.25) is 14.4 Å². The van der Waals surface area contributed by atoms with E-state index in [0.717, 1.165) is 0 Å². The van der Waals surface area contributed by atoms with Gasteiger partial charge in [-0.2, -0.15) is 0 Å². The minimum atomic E-state index is -1.19. The average Bonchev–Trinajstić information content (AvgIpc) is 2.50. The third kappa shape index (κ3) is 10.1. The molecule has 0 rings (SSSR count). The van der Waals surface area contributed by atoms with Gasteiger partial charge in [0.1, 0.15) is 0 Å². The molecule has 9 nitrogen and oxygen atoms in total. The molecular formula is C15H27N3O6S.